The van der Waals surface area contributed by atoms with Gasteiger partial charge in [0.25, 0.3) is 5.91 Å². The summed E-state index contributed by atoms with van der Waals surface area (Å²) in [6, 6.07) is 9.89. The maximum absolute atomic E-state index is 12.4. The highest BCUT2D eigenvalue weighted by atomic mass is 32.2. The number of aromatic nitrogens is 2. The third-order valence-electron chi connectivity index (χ3n) is 4.42. The fraction of sp³-hybridized carbons (Fsp3) is 0.476. The van der Waals surface area contributed by atoms with E-state index >= 15 is 0 Å². The van der Waals surface area contributed by atoms with Gasteiger partial charge >= 0.3 is 0 Å². The standard InChI is InChI=1S/C21H30N4OS/c1-6-12-25(5)19-14-18(7-2)22-21(23-19)27-15-16-10-9-11-17(13-16)20(26)24(4)8-3/h9-11,13-14H,6-8,12,15H2,1-5H3. The average Bonchev–Trinajstić information content (AvgIpc) is 2.71. The Labute approximate surface area is 167 Å². The molecule has 0 radical (unpaired) electrons. The number of rotatable bonds is 9. The van der Waals surface area contributed by atoms with Gasteiger partial charge in [-0.3, -0.25) is 4.79 Å². The van der Waals surface area contributed by atoms with Crippen molar-refractivity contribution in [3.63, 3.8) is 0 Å². The van der Waals surface area contributed by atoms with Crippen LogP contribution in [0.4, 0.5) is 5.82 Å². The van der Waals surface area contributed by atoms with Crippen molar-refractivity contribution in [1.29, 1.82) is 0 Å². The van der Waals surface area contributed by atoms with E-state index in [4.69, 9.17) is 4.98 Å². The van der Waals surface area contributed by atoms with Crippen molar-refractivity contribution in [2.24, 2.45) is 0 Å². The first-order valence-corrected chi connectivity index (χ1v) is 10.5. The van der Waals surface area contributed by atoms with Gasteiger partial charge in [-0.05, 0) is 37.5 Å². The van der Waals surface area contributed by atoms with Gasteiger partial charge in [0.15, 0.2) is 5.16 Å². The van der Waals surface area contributed by atoms with E-state index in [1.54, 1.807) is 16.7 Å². The van der Waals surface area contributed by atoms with Crippen molar-refractivity contribution in [2.45, 2.75) is 44.5 Å². The molecule has 0 saturated heterocycles. The summed E-state index contributed by atoms with van der Waals surface area (Å²) in [6.07, 6.45) is 1.97. The molecule has 0 atom stereocenters. The molecule has 0 unspecified atom stereocenters. The van der Waals surface area contributed by atoms with Crippen LogP contribution in [0.3, 0.4) is 0 Å². The molecule has 6 heteroatoms. The van der Waals surface area contributed by atoms with Crippen LogP contribution in [0.25, 0.3) is 0 Å². The minimum atomic E-state index is 0.0528. The lowest BCUT2D eigenvalue weighted by Crippen LogP contribution is -2.26. The minimum absolute atomic E-state index is 0.0528. The summed E-state index contributed by atoms with van der Waals surface area (Å²) in [5.41, 5.74) is 2.88. The van der Waals surface area contributed by atoms with E-state index in [1.165, 1.54) is 0 Å². The largest absolute Gasteiger partial charge is 0.360 e. The minimum Gasteiger partial charge on any atom is -0.360 e. The van der Waals surface area contributed by atoms with Gasteiger partial charge in [-0.15, -0.1) is 0 Å². The van der Waals surface area contributed by atoms with Crippen molar-refractivity contribution in [1.82, 2.24) is 14.9 Å². The average molecular weight is 387 g/mol. The Kier molecular flexibility index (Phi) is 8.10. The van der Waals surface area contributed by atoms with Crippen molar-refractivity contribution >= 4 is 23.5 Å². The lowest BCUT2D eigenvalue weighted by atomic mass is 10.1. The number of aryl methyl sites for hydroxylation is 1. The molecular formula is C21H30N4OS. The number of hydrogen-bond donors (Lipinski definition) is 0. The lowest BCUT2D eigenvalue weighted by Gasteiger charge is -2.18. The molecule has 0 aliphatic heterocycles. The molecule has 1 aromatic carbocycles. The normalized spacial score (nSPS) is 10.7. The van der Waals surface area contributed by atoms with Crippen LogP contribution in [0.2, 0.25) is 0 Å². The van der Waals surface area contributed by atoms with E-state index in [9.17, 15) is 4.79 Å². The first-order chi connectivity index (χ1) is 13.0. The monoisotopic (exact) mass is 386 g/mol. The molecule has 0 aliphatic carbocycles. The number of amides is 1. The first kappa shape index (κ1) is 21.2. The maximum Gasteiger partial charge on any atom is 0.253 e. The number of carbonyl (C=O) groups excluding carboxylic acids is 1. The Morgan fingerprint density at radius 3 is 2.56 bits per heavy atom. The number of nitrogens with zero attached hydrogens (tertiary/aromatic N) is 4. The molecule has 5 nitrogen and oxygen atoms in total. The van der Waals surface area contributed by atoms with Gasteiger partial charge in [0.2, 0.25) is 0 Å². The quantitative estimate of drug-likeness (QED) is 0.476. The Bertz CT molecular complexity index is 766. The van der Waals surface area contributed by atoms with Crippen molar-refractivity contribution < 1.29 is 4.79 Å². The SMILES string of the molecule is CCCN(C)c1cc(CC)nc(SCc2cccc(C(=O)N(C)CC)c2)n1. The molecule has 1 heterocycles. The van der Waals surface area contributed by atoms with Crippen LogP contribution in [0.1, 0.15) is 48.8 Å². The zero-order chi connectivity index (χ0) is 19.8. The summed E-state index contributed by atoms with van der Waals surface area (Å²) in [5.74, 6) is 1.76. The summed E-state index contributed by atoms with van der Waals surface area (Å²) in [6.45, 7) is 7.92. The summed E-state index contributed by atoms with van der Waals surface area (Å²) < 4.78 is 0. The van der Waals surface area contributed by atoms with Gasteiger partial charge in [0.1, 0.15) is 5.82 Å². The van der Waals surface area contributed by atoms with Crippen LogP contribution in [0.15, 0.2) is 35.5 Å². The van der Waals surface area contributed by atoms with Crippen LogP contribution in [-0.4, -0.2) is 48.0 Å². The maximum atomic E-state index is 12.4. The molecule has 146 valence electrons. The van der Waals surface area contributed by atoms with Crippen LogP contribution in [0.5, 0.6) is 0 Å². The van der Waals surface area contributed by atoms with Crippen LogP contribution in [-0.2, 0) is 12.2 Å². The Balaban J connectivity index is 2.14. The molecule has 27 heavy (non-hydrogen) atoms. The summed E-state index contributed by atoms with van der Waals surface area (Å²) in [5, 5.41) is 0.787. The molecule has 2 rings (SSSR count). The summed E-state index contributed by atoms with van der Waals surface area (Å²) in [7, 11) is 3.89. The molecule has 0 spiro atoms. The number of carbonyl (C=O) groups is 1. The van der Waals surface area contributed by atoms with Gasteiger partial charge in [-0.1, -0.05) is 37.7 Å². The van der Waals surface area contributed by atoms with Gasteiger partial charge in [-0.2, -0.15) is 0 Å². The summed E-state index contributed by atoms with van der Waals surface area (Å²) >= 11 is 1.61. The predicted octanol–water partition coefficient (Wildman–Crippen LogP) is 4.27. The van der Waals surface area contributed by atoms with E-state index in [2.05, 4.69) is 36.8 Å². The fourth-order valence-corrected chi connectivity index (χ4v) is 3.47. The molecule has 1 aromatic heterocycles. The van der Waals surface area contributed by atoms with Gasteiger partial charge in [0, 0.05) is 50.3 Å². The number of thioether (sulfide) groups is 1. The zero-order valence-electron chi connectivity index (χ0n) is 17.0. The molecular weight excluding hydrogens is 356 g/mol. The highest BCUT2D eigenvalue weighted by Crippen LogP contribution is 2.23. The number of anilines is 1. The number of benzene rings is 1. The Hall–Kier alpha value is -2.08. The van der Waals surface area contributed by atoms with Gasteiger partial charge in [0.05, 0.1) is 0 Å². The highest BCUT2D eigenvalue weighted by Gasteiger charge is 2.12. The Morgan fingerprint density at radius 2 is 1.89 bits per heavy atom. The molecule has 0 bridgehead atoms. The predicted molar refractivity (Wildman–Crippen MR) is 114 cm³/mol. The molecule has 1 amide bonds. The van der Waals surface area contributed by atoms with Gasteiger partial charge in [-0.25, -0.2) is 9.97 Å². The van der Waals surface area contributed by atoms with E-state index < -0.39 is 0 Å². The zero-order valence-corrected chi connectivity index (χ0v) is 17.8. The second kappa shape index (κ2) is 10.3. The molecule has 2 aromatic rings. The van der Waals surface area contributed by atoms with Gasteiger partial charge < -0.3 is 9.80 Å². The lowest BCUT2D eigenvalue weighted by molar-refractivity contribution is 0.0802. The smallest absolute Gasteiger partial charge is 0.253 e. The topological polar surface area (TPSA) is 49.3 Å². The van der Waals surface area contributed by atoms with Crippen molar-refractivity contribution in [3.8, 4) is 0 Å². The second-order valence-electron chi connectivity index (χ2n) is 6.58. The van der Waals surface area contributed by atoms with Crippen LogP contribution >= 0.6 is 11.8 Å². The number of hydrogen-bond acceptors (Lipinski definition) is 5. The Morgan fingerprint density at radius 1 is 1.11 bits per heavy atom. The van der Waals surface area contributed by atoms with E-state index in [1.807, 2.05) is 38.2 Å². The molecule has 0 N–H and O–H groups in total. The van der Waals surface area contributed by atoms with E-state index in [0.717, 1.165) is 52.9 Å². The molecule has 0 aliphatic rings. The van der Waals surface area contributed by atoms with Crippen LogP contribution < -0.4 is 4.90 Å². The van der Waals surface area contributed by atoms with Crippen molar-refractivity contribution in [3.05, 3.63) is 47.2 Å². The molecule has 0 saturated carbocycles. The van der Waals surface area contributed by atoms with Crippen LogP contribution in [0, 0.1) is 0 Å². The van der Waals surface area contributed by atoms with E-state index in [0.29, 0.717) is 6.54 Å². The molecule has 0 fully saturated rings. The van der Waals surface area contributed by atoms with Crippen molar-refractivity contribution in [2.75, 3.05) is 32.1 Å². The first-order valence-electron chi connectivity index (χ1n) is 9.54. The highest BCUT2D eigenvalue weighted by molar-refractivity contribution is 7.98. The fourth-order valence-electron chi connectivity index (χ4n) is 2.66. The third-order valence-corrected chi connectivity index (χ3v) is 5.34. The second-order valence-corrected chi connectivity index (χ2v) is 7.53. The third kappa shape index (κ3) is 5.96. The van der Waals surface area contributed by atoms with E-state index in [-0.39, 0.29) is 5.91 Å². The summed E-state index contributed by atoms with van der Waals surface area (Å²) in [4.78, 5) is 25.6.